The Kier molecular flexibility index (Phi) is 13.9. The first-order valence-electron chi connectivity index (χ1n) is 10.7. The Hall–Kier alpha value is -0.640. The SMILES string of the molecule is CCCCCCCCCCOC(=O)CCCCCCC1=CC(Br)CC1=O. The molecule has 26 heavy (non-hydrogen) atoms. The summed E-state index contributed by atoms with van der Waals surface area (Å²) in [4.78, 5) is 23.6. The van der Waals surface area contributed by atoms with Crippen molar-refractivity contribution in [2.24, 2.45) is 0 Å². The Bertz CT molecular complexity index is 431. The van der Waals surface area contributed by atoms with E-state index in [1.165, 1.54) is 44.9 Å². The summed E-state index contributed by atoms with van der Waals surface area (Å²) >= 11 is 3.47. The van der Waals surface area contributed by atoms with Crippen LogP contribution in [0.15, 0.2) is 11.6 Å². The van der Waals surface area contributed by atoms with E-state index < -0.39 is 0 Å². The zero-order valence-corrected chi connectivity index (χ0v) is 18.2. The highest BCUT2D eigenvalue weighted by Crippen LogP contribution is 2.25. The summed E-state index contributed by atoms with van der Waals surface area (Å²) in [6, 6.07) is 0. The third kappa shape index (κ3) is 11.9. The Labute approximate surface area is 168 Å². The molecule has 0 radical (unpaired) electrons. The number of alkyl halides is 1. The molecular weight excluding hydrogens is 392 g/mol. The maximum atomic E-state index is 11.7. The Morgan fingerprint density at radius 2 is 1.62 bits per heavy atom. The monoisotopic (exact) mass is 428 g/mol. The first-order valence-corrected chi connectivity index (χ1v) is 11.6. The maximum absolute atomic E-state index is 11.7. The van der Waals surface area contributed by atoms with Crippen LogP contribution in [0.3, 0.4) is 0 Å². The summed E-state index contributed by atoms with van der Waals surface area (Å²) in [5.74, 6) is 0.236. The lowest BCUT2D eigenvalue weighted by Crippen LogP contribution is -2.05. The summed E-state index contributed by atoms with van der Waals surface area (Å²) < 4.78 is 5.30. The van der Waals surface area contributed by atoms with Crippen molar-refractivity contribution in [3.8, 4) is 0 Å². The van der Waals surface area contributed by atoms with Crippen molar-refractivity contribution in [2.45, 2.75) is 108 Å². The van der Waals surface area contributed by atoms with Crippen LogP contribution in [0, 0.1) is 0 Å². The molecule has 1 aliphatic carbocycles. The highest BCUT2D eigenvalue weighted by Gasteiger charge is 2.20. The number of Topliss-reactive ketones (excluding diaryl/α,β-unsaturated/α-hetero) is 1. The van der Waals surface area contributed by atoms with Gasteiger partial charge in [-0.05, 0) is 31.3 Å². The van der Waals surface area contributed by atoms with Crippen LogP contribution in [-0.2, 0) is 14.3 Å². The van der Waals surface area contributed by atoms with Crippen molar-refractivity contribution in [1.82, 2.24) is 0 Å². The van der Waals surface area contributed by atoms with E-state index in [9.17, 15) is 9.59 Å². The van der Waals surface area contributed by atoms with Gasteiger partial charge in [0.2, 0.25) is 0 Å². The van der Waals surface area contributed by atoms with E-state index in [-0.39, 0.29) is 16.6 Å². The molecule has 0 aromatic carbocycles. The number of rotatable bonds is 16. The standard InChI is InChI=1S/C22H37BrO3/c1-2-3-4-5-6-7-10-13-16-26-22(25)15-12-9-8-11-14-19-17-20(23)18-21(19)24/h17,20H,2-16,18H2,1H3. The molecule has 1 atom stereocenters. The lowest BCUT2D eigenvalue weighted by atomic mass is 10.0. The second kappa shape index (κ2) is 15.4. The van der Waals surface area contributed by atoms with Gasteiger partial charge in [-0.25, -0.2) is 0 Å². The summed E-state index contributed by atoms with van der Waals surface area (Å²) in [5, 5.41) is 0. The highest BCUT2D eigenvalue weighted by atomic mass is 79.9. The number of ketones is 1. The van der Waals surface area contributed by atoms with Gasteiger partial charge in [0.25, 0.3) is 0 Å². The minimum Gasteiger partial charge on any atom is -0.466 e. The first-order chi connectivity index (χ1) is 12.6. The smallest absolute Gasteiger partial charge is 0.305 e. The first kappa shape index (κ1) is 23.4. The van der Waals surface area contributed by atoms with Crippen LogP contribution in [0.4, 0.5) is 0 Å². The number of allylic oxidation sites excluding steroid dienone is 2. The van der Waals surface area contributed by atoms with Crippen molar-refractivity contribution in [1.29, 1.82) is 0 Å². The molecule has 3 nitrogen and oxygen atoms in total. The summed E-state index contributed by atoms with van der Waals surface area (Å²) in [6.45, 7) is 2.82. The third-order valence-electron chi connectivity index (χ3n) is 4.96. The molecule has 0 saturated heterocycles. The third-order valence-corrected chi connectivity index (χ3v) is 5.55. The summed E-state index contributed by atoms with van der Waals surface area (Å²) in [7, 11) is 0. The van der Waals surface area contributed by atoms with Gasteiger partial charge in [-0.2, -0.15) is 0 Å². The fraction of sp³-hybridized carbons (Fsp3) is 0.818. The number of carbonyl (C=O) groups is 2. The molecule has 0 saturated carbocycles. The van der Waals surface area contributed by atoms with Gasteiger partial charge >= 0.3 is 5.97 Å². The van der Waals surface area contributed by atoms with Crippen molar-refractivity contribution >= 4 is 27.7 Å². The Morgan fingerprint density at radius 1 is 1.00 bits per heavy atom. The van der Waals surface area contributed by atoms with Gasteiger partial charge in [0.1, 0.15) is 0 Å². The number of hydrogen-bond donors (Lipinski definition) is 0. The van der Waals surface area contributed by atoms with Crippen LogP contribution in [-0.4, -0.2) is 23.2 Å². The topological polar surface area (TPSA) is 43.4 Å². The molecule has 0 aliphatic heterocycles. The quantitative estimate of drug-likeness (QED) is 0.156. The zero-order valence-electron chi connectivity index (χ0n) is 16.6. The van der Waals surface area contributed by atoms with Gasteiger partial charge in [-0.1, -0.05) is 86.7 Å². The van der Waals surface area contributed by atoms with Crippen LogP contribution in [0.25, 0.3) is 0 Å². The average Bonchev–Trinajstić information content (AvgIpc) is 2.94. The largest absolute Gasteiger partial charge is 0.466 e. The second-order valence-electron chi connectivity index (χ2n) is 7.44. The van der Waals surface area contributed by atoms with Crippen molar-refractivity contribution in [3.05, 3.63) is 11.6 Å². The fourth-order valence-electron chi connectivity index (χ4n) is 3.33. The number of hydrogen-bond acceptors (Lipinski definition) is 3. The fourth-order valence-corrected chi connectivity index (χ4v) is 3.95. The van der Waals surface area contributed by atoms with E-state index in [2.05, 4.69) is 22.9 Å². The molecule has 150 valence electrons. The molecule has 0 aromatic heterocycles. The van der Waals surface area contributed by atoms with Gasteiger partial charge in [-0.15, -0.1) is 0 Å². The van der Waals surface area contributed by atoms with Crippen LogP contribution in [0.2, 0.25) is 0 Å². The van der Waals surface area contributed by atoms with Crippen LogP contribution >= 0.6 is 15.9 Å². The van der Waals surface area contributed by atoms with Gasteiger partial charge in [0, 0.05) is 17.7 Å². The molecule has 1 aliphatic rings. The number of carbonyl (C=O) groups excluding carboxylic acids is 2. The minimum atomic E-state index is -0.0521. The average molecular weight is 429 g/mol. The van der Waals surface area contributed by atoms with Crippen LogP contribution < -0.4 is 0 Å². The van der Waals surface area contributed by atoms with E-state index in [1.807, 2.05) is 6.08 Å². The van der Waals surface area contributed by atoms with E-state index in [4.69, 9.17) is 4.74 Å². The maximum Gasteiger partial charge on any atom is 0.305 e. The molecule has 0 fully saturated rings. The van der Waals surface area contributed by atoms with Crippen molar-refractivity contribution in [3.63, 3.8) is 0 Å². The van der Waals surface area contributed by atoms with E-state index in [1.54, 1.807) is 0 Å². The van der Waals surface area contributed by atoms with Gasteiger partial charge in [0.05, 0.1) is 6.61 Å². The van der Waals surface area contributed by atoms with Crippen LogP contribution in [0.1, 0.15) is 103 Å². The lowest BCUT2D eigenvalue weighted by molar-refractivity contribution is -0.143. The molecule has 0 heterocycles. The Morgan fingerprint density at radius 3 is 2.27 bits per heavy atom. The second-order valence-corrected chi connectivity index (χ2v) is 8.62. The highest BCUT2D eigenvalue weighted by molar-refractivity contribution is 9.09. The molecule has 1 unspecified atom stereocenters. The number of unbranched alkanes of at least 4 members (excludes halogenated alkanes) is 10. The Balaban J connectivity index is 1.84. The molecule has 0 bridgehead atoms. The summed E-state index contributed by atoms with van der Waals surface area (Å²) in [6.07, 6.45) is 18.2. The molecule has 1 rings (SSSR count). The van der Waals surface area contributed by atoms with Gasteiger partial charge in [-0.3, -0.25) is 9.59 Å². The molecule has 4 heteroatoms. The van der Waals surface area contributed by atoms with E-state index in [0.29, 0.717) is 19.4 Å². The van der Waals surface area contributed by atoms with E-state index in [0.717, 1.165) is 44.1 Å². The summed E-state index contributed by atoms with van der Waals surface area (Å²) in [5.41, 5.74) is 0.983. The normalized spacial score (nSPS) is 16.8. The lowest BCUT2D eigenvalue weighted by Gasteiger charge is -2.05. The molecule has 0 spiro atoms. The van der Waals surface area contributed by atoms with E-state index >= 15 is 0 Å². The van der Waals surface area contributed by atoms with Crippen LogP contribution in [0.5, 0.6) is 0 Å². The minimum absolute atomic E-state index is 0.0521. The van der Waals surface area contributed by atoms with Crippen molar-refractivity contribution in [2.75, 3.05) is 6.61 Å². The number of ether oxygens (including phenoxy) is 1. The van der Waals surface area contributed by atoms with Gasteiger partial charge in [0.15, 0.2) is 5.78 Å². The number of esters is 1. The predicted octanol–water partition coefficient (Wildman–Crippen LogP) is 6.67. The predicted molar refractivity (Wildman–Crippen MR) is 112 cm³/mol. The zero-order chi connectivity index (χ0) is 19.0. The molecule has 0 aromatic rings. The van der Waals surface area contributed by atoms with Crippen molar-refractivity contribution < 1.29 is 14.3 Å². The molecule has 0 N–H and O–H groups in total. The van der Waals surface area contributed by atoms with Gasteiger partial charge < -0.3 is 4.74 Å². The number of halogens is 1. The molecule has 0 amide bonds. The molecular formula is C22H37BrO3.